The van der Waals surface area contributed by atoms with Crippen molar-refractivity contribution in [2.24, 2.45) is 5.92 Å². The Bertz CT molecular complexity index is 944. The molecule has 162 valence electrons. The van der Waals surface area contributed by atoms with Crippen LogP contribution >= 0.6 is 0 Å². The zero-order valence-corrected chi connectivity index (χ0v) is 17.5. The molecule has 7 heteroatoms. The van der Waals surface area contributed by atoms with Crippen molar-refractivity contribution in [3.63, 3.8) is 0 Å². The number of imide groups is 1. The molecule has 0 bridgehead atoms. The zero-order chi connectivity index (χ0) is 21.8. The van der Waals surface area contributed by atoms with E-state index >= 15 is 0 Å². The molecule has 31 heavy (non-hydrogen) atoms. The van der Waals surface area contributed by atoms with Crippen molar-refractivity contribution in [1.82, 2.24) is 4.90 Å². The smallest absolute Gasteiger partial charge is 0.310 e. The summed E-state index contributed by atoms with van der Waals surface area (Å²) in [7, 11) is 0. The van der Waals surface area contributed by atoms with Crippen LogP contribution in [0.15, 0.2) is 54.6 Å². The summed E-state index contributed by atoms with van der Waals surface area (Å²) in [6, 6.07) is 15.8. The molecule has 2 saturated heterocycles. The number of nitrogens with zero attached hydrogens (tertiary/aromatic N) is 2. The summed E-state index contributed by atoms with van der Waals surface area (Å²) in [5.41, 5.74) is 0.525. The van der Waals surface area contributed by atoms with E-state index in [0.29, 0.717) is 36.9 Å². The SMILES string of the molecule is CCOC(=O)[C@@H]1CCCN([C@@H]2CC(=O)N(c3ccc(Oc4ccccc4)cc3)C2=O)C1. The second-order valence-corrected chi connectivity index (χ2v) is 7.78. The molecule has 0 aliphatic carbocycles. The van der Waals surface area contributed by atoms with Gasteiger partial charge < -0.3 is 9.47 Å². The number of carbonyl (C=O) groups is 3. The van der Waals surface area contributed by atoms with E-state index in [-0.39, 0.29) is 30.1 Å². The van der Waals surface area contributed by atoms with Gasteiger partial charge in [-0.25, -0.2) is 4.90 Å². The molecule has 0 spiro atoms. The Hall–Kier alpha value is -3.19. The monoisotopic (exact) mass is 422 g/mol. The number of ether oxygens (including phenoxy) is 2. The summed E-state index contributed by atoms with van der Waals surface area (Å²) in [5, 5.41) is 0. The quantitative estimate of drug-likeness (QED) is 0.525. The Morgan fingerprint density at radius 1 is 1.03 bits per heavy atom. The number of anilines is 1. The third-order valence-corrected chi connectivity index (χ3v) is 5.71. The summed E-state index contributed by atoms with van der Waals surface area (Å²) in [4.78, 5) is 41.1. The highest BCUT2D eigenvalue weighted by Gasteiger charge is 2.44. The van der Waals surface area contributed by atoms with Crippen molar-refractivity contribution < 1.29 is 23.9 Å². The summed E-state index contributed by atoms with van der Waals surface area (Å²) >= 11 is 0. The molecule has 0 radical (unpaired) electrons. The Labute approximate surface area is 181 Å². The highest BCUT2D eigenvalue weighted by atomic mass is 16.5. The molecule has 2 fully saturated rings. The lowest BCUT2D eigenvalue weighted by atomic mass is 9.96. The van der Waals surface area contributed by atoms with Crippen molar-refractivity contribution in [2.75, 3.05) is 24.6 Å². The first-order chi connectivity index (χ1) is 15.1. The highest BCUT2D eigenvalue weighted by Crippen LogP contribution is 2.31. The molecular weight excluding hydrogens is 396 g/mol. The zero-order valence-electron chi connectivity index (χ0n) is 17.5. The maximum absolute atomic E-state index is 13.1. The molecule has 2 aromatic carbocycles. The van der Waals surface area contributed by atoms with Crippen LogP contribution in [0.25, 0.3) is 0 Å². The van der Waals surface area contributed by atoms with E-state index in [1.165, 1.54) is 4.90 Å². The van der Waals surface area contributed by atoms with Crippen molar-refractivity contribution in [1.29, 1.82) is 0 Å². The van der Waals surface area contributed by atoms with Crippen LogP contribution in [0, 0.1) is 5.92 Å². The Morgan fingerprint density at radius 3 is 2.45 bits per heavy atom. The number of esters is 1. The molecule has 2 aromatic rings. The standard InChI is InChI=1S/C24H26N2O5/c1-2-30-24(29)17-7-6-14-25(16-17)21-15-22(27)26(23(21)28)18-10-12-20(13-11-18)31-19-8-4-3-5-9-19/h3-5,8-13,17,21H,2,6-7,14-16H2,1H3/t17-,21-/m1/s1. The van der Waals surface area contributed by atoms with Crippen LogP contribution in [0.2, 0.25) is 0 Å². The number of hydrogen-bond acceptors (Lipinski definition) is 6. The van der Waals surface area contributed by atoms with E-state index in [1.54, 1.807) is 31.2 Å². The van der Waals surface area contributed by atoms with Crippen molar-refractivity contribution in [3.8, 4) is 11.5 Å². The number of rotatable bonds is 6. The fourth-order valence-electron chi connectivity index (χ4n) is 4.20. The summed E-state index contributed by atoms with van der Waals surface area (Å²) in [5.74, 6) is 0.384. The van der Waals surface area contributed by atoms with Gasteiger partial charge in [0.2, 0.25) is 5.91 Å². The van der Waals surface area contributed by atoms with E-state index in [0.717, 1.165) is 12.8 Å². The lowest BCUT2D eigenvalue weighted by Crippen LogP contribution is -2.48. The summed E-state index contributed by atoms with van der Waals surface area (Å²) < 4.78 is 10.9. The molecule has 2 atom stereocenters. The molecule has 2 aliphatic heterocycles. The fourth-order valence-corrected chi connectivity index (χ4v) is 4.20. The second kappa shape index (κ2) is 9.31. The van der Waals surface area contributed by atoms with Crippen LogP contribution in [-0.2, 0) is 19.1 Å². The molecule has 2 heterocycles. The lowest BCUT2D eigenvalue weighted by molar-refractivity contribution is -0.150. The molecule has 0 aromatic heterocycles. The number of para-hydroxylation sites is 1. The van der Waals surface area contributed by atoms with Crippen LogP contribution in [0.5, 0.6) is 11.5 Å². The van der Waals surface area contributed by atoms with Crippen LogP contribution in [0.3, 0.4) is 0 Å². The number of likely N-dealkylation sites (tertiary alicyclic amines) is 1. The van der Waals surface area contributed by atoms with E-state index in [1.807, 2.05) is 35.2 Å². The van der Waals surface area contributed by atoms with Crippen molar-refractivity contribution in [2.45, 2.75) is 32.2 Å². The minimum atomic E-state index is -0.537. The van der Waals surface area contributed by atoms with Gasteiger partial charge >= 0.3 is 5.97 Å². The van der Waals surface area contributed by atoms with Gasteiger partial charge in [0.15, 0.2) is 0 Å². The maximum Gasteiger partial charge on any atom is 0.310 e. The van der Waals surface area contributed by atoms with Crippen LogP contribution < -0.4 is 9.64 Å². The largest absolute Gasteiger partial charge is 0.466 e. The average molecular weight is 422 g/mol. The van der Waals surface area contributed by atoms with E-state index in [2.05, 4.69) is 0 Å². The molecule has 0 N–H and O–H groups in total. The van der Waals surface area contributed by atoms with E-state index in [4.69, 9.17) is 9.47 Å². The fraction of sp³-hybridized carbons (Fsp3) is 0.375. The molecule has 0 saturated carbocycles. The van der Waals surface area contributed by atoms with Gasteiger partial charge in [0.25, 0.3) is 5.91 Å². The van der Waals surface area contributed by atoms with Crippen LogP contribution in [-0.4, -0.2) is 48.4 Å². The normalized spacial score (nSPS) is 21.9. The molecule has 2 amide bonds. The average Bonchev–Trinajstić information content (AvgIpc) is 3.09. The van der Waals surface area contributed by atoms with Gasteiger partial charge in [0.1, 0.15) is 11.5 Å². The predicted molar refractivity (Wildman–Crippen MR) is 115 cm³/mol. The number of amides is 2. The Kier molecular flexibility index (Phi) is 6.32. The number of benzene rings is 2. The molecule has 2 aliphatic rings. The van der Waals surface area contributed by atoms with Gasteiger partial charge in [-0.15, -0.1) is 0 Å². The number of hydrogen-bond donors (Lipinski definition) is 0. The highest BCUT2D eigenvalue weighted by molar-refractivity contribution is 6.22. The third kappa shape index (κ3) is 4.61. The topological polar surface area (TPSA) is 76.2 Å². The van der Waals surface area contributed by atoms with Gasteiger partial charge in [0, 0.05) is 6.54 Å². The van der Waals surface area contributed by atoms with Gasteiger partial charge in [-0.1, -0.05) is 18.2 Å². The van der Waals surface area contributed by atoms with Crippen molar-refractivity contribution in [3.05, 3.63) is 54.6 Å². The molecular formula is C24H26N2O5. The Morgan fingerprint density at radius 2 is 1.74 bits per heavy atom. The third-order valence-electron chi connectivity index (χ3n) is 5.71. The molecule has 0 unspecified atom stereocenters. The molecule has 4 rings (SSSR count). The van der Waals surface area contributed by atoms with Gasteiger partial charge in [-0.05, 0) is 62.7 Å². The first-order valence-corrected chi connectivity index (χ1v) is 10.7. The second-order valence-electron chi connectivity index (χ2n) is 7.78. The van der Waals surface area contributed by atoms with Crippen LogP contribution in [0.1, 0.15) is 26.2 Å². The van der Waals surface area contributed by atoms with Gasteiger partial charge in [0.05, 0.1) is 30.7 Å². The lowest BCUT2D eigenvalue weighted by Gasteiger charge is -2.34. The first-order valence-electron chi connectivity index (χ1n) is 10.7. The van der Waals surface area contributed by atoms with Crippen LogP contribution in [0.4, 0.5) is 5.69 Å². The Balaban J connectivity index is 1.44. The molecule has 7 nitrogen and oxygen atoms in total. The van der Waals surface area contributed by atoms with Gasteiger partial charge in [-0.3, -0.25) is 19.3 Å². The summed E-state index contributed by atoms with van der Waals surface area (Å²) in [6.45, 7) is 3.26. The predicted octanol–water partition coefficient (Wildman–Crippen LogP) is 3.39. The maximum atomic E-state index is 13.1. The number of carbonyl (C=O) groups excluding carboxylic acids is 3. The van der Waals surface area contributed by atoms with E-state index in [9.17, 15) is 14.4 Å². The first kappa shape index (κ1) is 21.1. The van der Waals surface area contributed by atoms with Crippen molar-refractivity contribution >= 4 is 23.5 Å². The van der Waals surface area contributed by atoms with E-state index < -0.39 is 6.04 Å². The number of piperidine rings is 1. The minimum Gasteiger partial charge on any atom is -0.466 e. The summed E-state index contributed by atoms with van der Waals surface area (Å²) in [6.07, 6.45) is 1.67. The van der Waals surface area contributed by atoms with Gasteiger partial charge in [-0.2, -0.15) is 0 Å². The minimum absolute atomic E-state index is 0.122.